The van der Waals surface area contributed by atoms with E-state index in [0.29, 0.717) is 5.92 Å². The lowest BCUT2D eigenvalue weighted by atomic mass is 9.98. The molecule has 0 aromatic heterocycles. The summed E-state index contributed by atoms with van der Waals surface area (Å²) in [4.78, 5) is 4.88. The summed E-state index contributed by atoms with van der Waals surface area (Å²) in [5, 5.41) is 0. The minimum Gasteiger partial charge on any atom is -0.495 e. The Morgan fingerprint density at radius 2 is 1.63 bits per heavy atom. The second-order valence-electron chi connectivity index (χ2n) is 9.62. The number of ether oxygens (including phenoxy) is 2. The summed E-state index contributed by atoms with van der Waals surface area (Å²) < 4.78 is 25.6. The van der Waals surface area contributed by atoms with Crippen LogP contribution in [0.3, 0.4) is 0 Å². The van der Waals surface area contributed by atoms with Crippen molar-refractivity contribution in [2.24, 2.45) is 0 Å². The maximum atomic E-state index is 13.6. The van der Waals surface area contributed by atoms with Gasteiger partial charge in [0.05, 0.1) is 12.8 Å². The van der Waals surface area contributed by atoms with Gasteiger partial charge < -0.3 is 14.4 Å². The highest BCUT2D eigenvalue weighted by Gasteiger charge is 2.22. The molecular formula is C30H37FN2O2. The smallest absolute Gasteiger partial charge is 0.142 e. The number of anilines is 1. The highest BCUT2D eigenvalue weighted by molar-refractivity contribution is 5.58. The minimum atomic E-state index is -0.225. The topological polar surface area (TPSA) is 24.9 Å². The molecule has 1 fully saturated rings. The lowest BCUT2D eigenvalue weighted by molar-refractivity contribution is 0.160. The summed E-state index contributed by atoms with van der Waals surface area (Å²) in [6.45, 7) is 11.3. The molecule has 1 aliphatic rings. The van der Waals surface area contributed by atoms with E-state index in [9.17, 15) is 4.39 Å². The molecule has 0 saturated carbocycles. The van der Waals surface area contributed by atoms with Crippen molar-refractivity contribution in [2.75, 3.05) is 44.7 Å². The number of piperazine rings is 1. The van der Waals surface area contributed by atoms with E-state index in [2.05, 4.69) is 60.9 Å². The number of hydrogen-bond acceptors (Lipinski definition) is 4. The van der Waals surface area contributed by atoms with Gasteiger partial charge in [0.1, 0.15) is 23.4 Å². The van der Waals surface area contributed by atoms with Crippen molar-refractivity contribution in [3.63, 3.8) is 0 Å². The molecular weight excluding hydrogens is 439 g/mol. The van der Waals surface area contributed by atoms with Gasteiger partial charge in [-0.3, -0.25) is 4.90 Å². The summed E-state index contributed by atoms with van der Waals surface area (Å²) in [6.07, 6.45) is 0.706. The molecule has 1 aliphatic heterocycles. The molecule has 0 unspecified atom stereocenters. The van der Waals surface area contributed by atoms with Gasteiger partial charge in [-0.2, -0.15) is 0 Å². The molecule has 0 N–H and O–H groups in total. The number of methoxy groups -OCH3 is 1. The van der Waals surface area contributed by atoms with Crippen LogP contribution in [0.15, 0.2) is 66.7 Å². The molecule has 0 amide bonds. The van der Waals surface area contributed by atoms with Crippen molar-refractivity contribution in [3.05, 3.63) is 89.2 Å². The molecule has 0 radical (unpaired) electrons. The highest BCUT2D eigenvalue weighted by Crippen LogP contribution is 2.31. The zero-order valence-corrected chi connectivity index (χ0v) is 21.3. The monoisotopic (exact) mass is 476 g/mol. The van der Waals surface area contributed by atoms with E-state index in [1.165, 1.54) is 23.3 Å². The summed E-state index contributed by atoms with van der Waals surface area (Å²) in [5.74, 6) is 2.04. The molecule has 4 rings (SSSR count). The average molecular weight is 477 g/mol. The summed E-state index contributed by atoms with van der Waals surface area (Å²) in [6, 6.07) is 21.3. The number of halogens is 1. The van der Waals surface area contributed by atoms with Crippen molar-refractivity contribution in [1.82, 2.24) is 4.90 Å². The first-order valence-corrected chi connectivity index (χ1v) is 12.6. The van der Waals surface area contributed by atoms with Crippen molar-refractivity contribution in [2.45, 2.75) is 39.2 Å². The molecule has 186 valence electrons. The number of rotatable bonds is 9. The van der Waals surface area contributed by atoms with Gasteiger partial charge in [0, 0.05) is 39.1 Å². The molecule has 3 aromatic carbocycles. The van der Waals surface area contributed by atoms with Crippen LogP contribution < -0.4 is 14.4 Å². The van der Waals surface area contributed by atoms with E-state index in [1.807, 2.05) is 24.3 Å². The number of para-hydroxylation sites is 2. The van der Waals surface area contributed by atoms with Crippen LogP contribution in [0.25, 0.3) is 0 Å². The highest BCUT2D eigenvalue weighted by atomic mass is 19.1. The molecule has 4 nitrogen and oxygen atoms in total. The molecule has 0 spiro atoms. The third-order valence-electron chi connectivity index (χ3n) is 6.89. The summed E-state index contributed by atoms with van der Waals surface area (Å²) in [5.41, 5.74) is 4.73. The average Bonchev–Trinajstić information content (AvgIpc) is 2.87. The van der Waals surface area contributed by atoms with E-state index in [4.69, 9.17) is 9.47 Å². The number of nitrogens with zero attached hydrogens (tertiary/aromatic N) is 2. The van der Waals surface area contributed by atoms with Crippen LogP contribution in [0, 0.1) is 12.7 Å². The molecule has 0 aliphatic carbocycles. The Bertz CT molecular complexity index is 1090. The first-order chi connectivity index (χ1) is 16.9. The fourth-order valence-corrected chi connectivity index (χ4v) is 4.91. The van der Waals surface area contributed by atoms with Crippen molar-refractivity contribution in [3.8, 4) is 11.5 Å². The Kier molecular flexibility index (Phi) is 8.29. The zero-order chi connectivity index (χ0) is 24.8. The van der Waals surface area contributed by atoms with Gasteiger partial charge >= 0.3 is 0 Å². The molecule has 35 heavy (non-hydrogen) atoms. The van der Waals surface area contributed by atoms with Crippen LogP contribution in [0.4, 0.5) is 10.1 Å². The van der Waals surface area contributed by atoms with Gasteiger partial charge in [0.2, 0.25) is 0 Å². The Balaban J connectivity index is 1.41. The lowest BCUT2D eigenvalue weighted by Crippen LogP contribution is -2.47. The van der Waals surface area contributed by atoms with E-state index in [0.717, 1.165) is 61.9 Å². The van der Waals surface area contributed by atoms with E-state index in [-0.39, 0.29) is 11.9 Å². The predicted molar refractivity (Wildman–Crippen MR) is 141 cm³/mol. The van der Waals surface area contributed by atoms with Gasteiger partial charge in [-0.25, -0.2) is 4.39 Å². The number of benzene rings is 3. The SMILES string of the molecule is COc1ccccc1N1CCN(CC[C@@H](Oc2ccc(C(C)C)c(C)c2)c2ccc(F)cc2)CC1. The maximum Gasteiger partial charge on any atom is 0.142 e. The van der Waals surface area contributed by atoms with Gasteiger partial charge in [-0.1, -0.05) is 44.2 Å². The fraction of sp³-hybridized carbons (Fsp3) is 0.400. The quantitative estimate of drug-likeness (QED) is 0.347. The van der Waals surface area contributed by atoms with Crippen LogP contribution in [-0.2, 0) is 0 Å². The predicted octanol–water partition coefficient (Wildman–Crippen LogP) is 6.60. The van der Waals surface area contributed by atoms with Crippen molar-refractivity contribution < 1.29 is 13.9 Å². The van der Waals surface area contributed by atoms with E-state index < -0.39 is 0 Å². The number of hydrogen-bond donors (Lipinski definition) is 0. The first-order valence-electron chi connectivity index (χ1n) is 12.6. The number of aryl methyl sites for hydroxylation is 1. The van der Waals surface area contributed by atoms with Gasteiger partial charge in [-0.05, 0) is 65.9 Å². The van der Waals surface area contributed by atoms with Crippen molar-refractivity contribution >= 4 is 5.69 Å². The molecule has 0 bridgehead atoms. The second kappa shape index (κ2) is 11.6. The largest absolute Gasteiger partial charge is 0.495 e. The van der Waals surface area contributed by atoms with Crippen LogP contribution in [0.2, 0.25) is 0 Å². The fourth-order valence-electron chi connectivity index (χ4n) is 4.91. The molecule has 3 aromatic rings. The van der Waals surface area contributed by atoms with Crippen LogP contribution in [-0.4, -0.2) is 44.7 Å². The molecule has 1 atom stereocenters. The zero-order valence-electron chi connectivity index (χ0n) is 21.3. The van der Waals surface area contributed by atoms with Crippen LogP contribution in [0.5, 0.6) is 11.5 Å². The van der Waals surface area contributed by atoms with Crippen LogP contribution >= 0.6 is 0 Å². The Morgan fingerprint density at radius 3 is 2.29 bits per heavy atom. The van der Waals surface area contributed by atoms with E-state index in [1.54, 1.807) is 7.11 Å². The normalized spacial score (nSPS) is 15.3. The Hall–Kier alpha value is -3.05. The molecule has 1 heterocycles. The Morgan fingerprint density at radius 1 is 0.914 bits per heavy atom. The summed E-state index contributed by atoms with van der Waals surface area (Å²) >= 11 is 0. The first kappa shape index (κ1) is 25.1. The van der Waals surface area contributed by atoms with Crippen LogP contribution in [0.1, 0.15) is 49.0 Å². The molecule has 1 saturated heterocycles. The second-order valence-corrected chi connectivity index (χ2v) is 9.62. The maximum absolute atomic E-state index is 13.6. The third kappa shape index (κ3) is 6.34. The minimum absolute atomic E-state index is 0.132. The van der Waals surface area contributed by atoms with Gasteiger partial charge in [0.15, 0.2) is 0 Å². The third-order valence-corrected chi connectivity index (χ3v) is 6.89. The lowest BCUT2D eigenvalue weighted by Gasteiger charge is -2.37. The summed E-state index contributed by atoms with van der Waals surface area (Å²) in [7, 11) is 1.72. The Labute approximate surface area is 209 Å². The van der Waals surface area contributed by atoms with Gasteiger partial charge in [-0.15, -0.1) is 0 Å². The van der Waals surface area contributed by atoms with Gasteiger partial charge in [0.25, 0.3) is 0 Å². The van der Waals surface area contributed by atoms with E-state index >= 15 is 0 Å². The van der Waals surface area contributed by atoms with Crippen molar-refractivity contribution in [1.29, 1.82) is 0 Å². The molecule has 5 heteroatoms. The standard InChI is InChI=1S/C30H37FN2O2/c1-22(2)27-14-13-26(21-23(27)3)35-29(24-9-11-25(31)12-10-24)15-16-32-17-19-33(20-18-32)28-7-5-6-8-30(28)34-4/h5-14,21-22,29H,15-20H2,1-4H3/t29-/m1/s1.